The smallest absolute Gasteiger partial charge is 0.167 e. The van der Waals surface area contributed by atoms with Crippen molar-refractivity contribution in [1.82, 2.24) is 0 Å². The molecule has 0 spiro atoms. The molecular weight excluding hydrogens is 438 g/mol. The van der Waals surface area contributed by atoms with Gasteiger partial charge in [0.05, 0.1) is 0 Å². The monoisotopic (exact) mass is 462 g/mol. The Hall–Kier alpha value is -2.76. The molecule has 4 rings (SSSR count). The second-order valence-corrected chi connectivity index (χ2v) is 8.73. The first kappa shape index (κ1) is 23.4. The molecule has 1 aliphatic rings. The molecule has 0 nitrogen and oxygen atoms in total. The molecule has 6 heteroatoms. The minimum absolute atomic E-state index is 0.162. The van der Waals surface area contributed by atoms with Crippen LogP contribution in [0.4, 0.5) is 26.3 Å². The first-order valence-corrected chi connectivity index (χ1v) is 11.1. The summed E-state index contributed by atoms with van der Waals surface area (Å²) in [6.07, 6.45) is 2.24. The van der Waals surface area contributed by atoms with E-state index in [9.17, 15) is 26.3 Å². The van der Waals surface area contributed by atoms with Crippen LogP contribution in [0, 0.1) is 41.8 Å². The fourth-order valence-corrected chi connectivity index (χ4v) is 4.85. The Kier molecular flexibility index (Phi) is 6.55. The molecule has 0 radical (unpaired) electrons. The van der Waals surface area contributed by atoms with Crippen molar-refractivity contribution in [2.75, 3.05) is 0 Å². The number of halogens is 6. The van der Waals surface area contributed by atoms with Crippen LogP contribution in [-0.4, -0.2) is 0 Å². The van der Waals surface area contributed by atoms with Crippen molar-refractivity contribution < 1.29 is 26.3 Å². The Balaban J connectivity index is 1.57. The highest BCUT2D eigenvalue weighted by atomic mass is 19.2. The second-order valence-electron chi connectivity index (χ2n) is 8.73. The van der Waals surface area contributed by atoms with E-state index in [1.807, 2.05) is 0 Å². The van der Waals surface area contributed by atoms with E-state index in [-0.39, 0.29) is 46.1 Å². The molecule has 0 aliphatic heterocycles. The van der Waals surface area contributed by atoms with Crippen LogP contribution >= 0.6 is 0 Å². The van der Waals surface area contributed by atoms with E-state index in [0.29, 0.717) is 31.2 Å². The van der Waals surface area contributed by atoms with Gasteiger partial charge in [-0.1, -0.05) is 43.3 Å². The van der Waals surface area contributed by atoms with Crippen LogP contribution in [-0.2, 0) is 6.42 Å². The molecule has 0 amide bonds. The Bertz CT molecular complexity index is 1190. The lowest BCUT2D eigenvalue weighted by Crippen LogP contribution is -2.15. The Morgan fingerprint density at radius 3 is 1.58 bits per heavy atom. The van der Waals surface area contributed by atoms with Gasteiger partial charge in [-0.2, -0.15) is 0 Å². The third kappa shape index (κ3) is 4.16. The molecule has 1 saturated carbocycles. The molecule has 33 heavy (non-hydrogen) atoms. The average molecular weight is 462 g/mol. The summed E-state index contributed by atoms with van der Waals surface area (Å²) in [4.78, 5) is 0. The molecule has 3 aromatic rings. The summed E-state index contributed by atoms with van der Waals surface area (Å²) in [7, 11) is 0. The maximum Gasteiger partial charge on any atom is 0.167 e. The van der Waals surface area contributed by atoms with Gasteiger partial charge in [-0.25, -0.2) is 26.3 Å². The number of hydrogen-bond donors (Lipinski definition) is 0. The van der Waals surface area contributed by atoms with E-state index >= 15 is 0 Å². The SMILES string of the molecule is CCc1ccc(-c2ccc(C3CCC(c4ccc(C)c(F)c4F)CC3)c(F)c2F)c(F)c1F. The number of hydrogen-bond acceptors (Lipinski definition) is 0. The summed E-state index contributed by atoms with van der Waals surface area (Å²) >= 11 is 0. The topological polar surface area (TPSA) is 0 Å². The highest BCUT2D eigenvalue weighted by Crippen LogP contribution is 2.43. The summed E-state index contributed by atoms with van der Waals surface area (Å²) < 4.78 is 86.8. The minimum atomic E-state index is -1.22. The molecule has 174 valence electrons. The largest absolute Gasteiger partial charge is 0.203 e. The summed E-state index contributed by atoms with van der Waals surface area (Å²) in [6.45, 7) is 3.17. The summed E-state index contributed by atoms with van der Waals surface area (Å²) in [6, 6.07) is 8.45. The molecule has 1 fully saturated rings. The van der Waals surface area contributed by atoms with Crippen molar-refractivity contribution >= 4 is 0 Å². The average Bonchev–Trinajstić information content (AvgIpc) is 2.82. The van der Waals surface area contributed by atoms with Crippen LogP contribution in [0.15, 0.2) is 36.4 Å². The lowest BCUT2D eigenvalue weighted by Gasteiger charge is -2.30. The van der Waals surface area contributed by atoms with Gasteiger partial charge in [0, 0.05) is 11.1 Å². The zero-order chi connectivity index (χ0) is 23.9. The molecule has 0 atom stereocenters. The van der Waals surface area contributed by atoms with E-state index in [1.165, 1.54) is 31.2 Å². The maximum atomic E-state index is 15.0. The van der Waals surface area contributed by atoms with Crippen LogP contribution in [0.5, 0.6) is 0 Å². The van der Waals surface area contributed by atoms with Crippen molar-refractivity contribution in [3.63, 3.8) is 0 Å². The van der Waals surface area contributed by atoms with Crippen molar-refractivity contribution in [2.24, 2.45) is 0 Å². The highest BCUT2D eigenvalue weighted by Gasteiger charge is 2.30. The van der Waals surface area contributed by atoms with Crippen LogP contribution in [0.3, 0.4) is 0 Å². The van der Waals surface area contributed by atoms with Gasteiger partial charge in [-0.05, 0) is 73.1 Å². The van der Waals surface area contributed by atoms with Gasteiger partial charge in [-0.15, -0.1) is 0 Å². The predicted molar refractivity (Wildman–Crippen MR) is 116 cm³/mol. The third-order valence-electron chi connectivity index (χ3n) is 6.86. The van der Waals surface area contributed by atoms with Crippen molar-refractivity contribution in [2.45, 2.75) is 57.8 Å². The Morgan fingerprint density at radius 1 is 0.576 bits per heavy atom. The summed E-state index contributed by atoms with van der Waals surface area (Å²) in [5, 5.41) is 0. The summed E-state index contributed by atoms with van der Waals surface area (Å²) in [5.41, 5.74) is 0.218. The van der Waals surface area contributed by atoms with E-state index in [0.717, 1.165) is 0 Å². The van der Waals surface area contributed by atoms with Gasteiger partial charge >= 0.3 is 0 Å². The zero-order valence-electron chi connectivity index (χ0n) is 18.4. The fraction of sp³-hybridized carbons (Fsp3) is 0.333. The first-order chi connectivity index (χ1) is 15.7. The van der Waals surface area contributed by atoms with Gasteiger partial charge < -0.3 is 0 Å². The van der Waals surface area contributed by atoms with Crippen molar-refractivity contribution in [1.29, 1.82) is 0 Å². The molecule has 0 bridgehead atoms. The van der Waals surface area contributed by atoms with E-state index < -0.39 is 34.9 Å². The van der Waals surface area contributed by atoms with E-state index in [4.69, 9.17) is 0 Å². The van der Waals surface area contributed by atoms with Gasteiger partial charge in [-0.3, -0.25) is 0 Å². The van der Waals surface area contributed by atoms with Gasteiger partial charge in [0.25, 0.3) is 0 Å². The van der Waals surface area contributed by atoms with Gasteiger partial charge in [0.15, 0.2) is 34.9 Å². The molecule has 1 aliphatic carbocycles. The lowest BCUT2D eigenvalue weighted by molar-refractivity contribution is 0.370. The van der Waals surface area contributed by atoms with Crippen molar-refractivity contribution in [3.05, 3.63) is 93.6 Å². The Morgan fingerprint density at radius 2 is 1.03 bits per heavy atom. The van der Waals surface area contributed by atoms with Crippen LogP contribution in [0.25, 0.3) is 11.1 Å². The number of aryl methyl sites for hydroxylation is 2. The number of benzene rings is 3. The zero-order valence-corrected chi connectivity index (χ0v) is 18.4. The minimum Gasteiger partial charge on any atom is -0.203 e. The molecule has 0 saturated heterocycles. The molecule has 0 aromatic heterocycles. The molecule has 0 heterocycles. The fourth-order valence-electron chi connectivity index (χ4n) is 4.85. The lowest BCUT2D eigenvalue weighted by atomic mass is 9.75. The molecule has 0 N–H and O–H groups in total. The normalized spacial score (nSPS) is 18.5. The highest BCUT2D eigenvalue weighted by molar-refractivity contribution is 5.66. The van der Waals surface area contributed by atoms with Crippen LogP contribution in [0.1, 0.15) is 66.7 Å². The van der Waals surface area contributed by atoms with Gasteiger partial charge in [0.1, 0.15) is 0 Å². The predicted octanol–water partition coefficient (Wildman–Crippen LogP) is 8.50. The van der Waals surface area contributed by atoms with Crippen LogP contribution < -0.4 is 0 Å². The maximum absolute atomic E-state index is 15.0. The standard InChI is InChI=1S/C27H24F6/c1-3-15-9-11-20(26(32)23(15)29)21-13-12-19(25(31)27(21)33)17-7-5-16(6-8-17)18-10-4-14(2)22(28)24(18)30/h4,9-13,16-17H,3,5-8H2,1-2H3. The first-order valence-electron chi connectivity index (χ1n) is 11.1. The molecule has 0 unspecified atom stereocenters. The summed E-state index contributed by atoms with van der Waals surface area (Å²) in [5.74, 6) is -6.75. The molecular formula is C27H24F6. The van der Waals surface area contributed by atoms with E-state index in [1.54, 1.807) is 19.1 Å². The van der Waals surface area contributed by atoms with Gasteiger partial charge in [0.2, 0.25) is 0 Å². The quantitative estimate of drug-likeness (QED) is 0.341. The van der Waals surface area contributed by atoms with E-state index in [2.05, 4.69) is 0 Å². The number of rotatable bonds is 4. The second kappa shape index (κ2) is 9.24. The van der Waals surface area contributed by atoms with Crippen molar-refractivity contribution in [3.8, 4) is 11.1 Å². The Labute approximate surface area is 189 Å². The van der Waals surface area contributed by atoms with Crippen LogP contribution in [0.2, 0.25) is 0 Å². The molecule has 3 aromatic carbocycles. The third-order valence-corrected chi connectivity index (χ3v) is 6.86.